The number of thiazole rings is 1. The van der Waals surface area contributed by atoms with E-state index >= 15 is 0 Å². The fourth-order valence-electron chi connectivity index (χ4n) is 4.03. The molecule has 2 amide bonds. The number of piperidine rings is 1. The highest BCUT2D eigenvalue weighted by Gasteiger charge is 2.46. The van der Waals surface area contributed by atoms with Gasteiger partial charge in [-0.05, 0) is 43.2 Å². The van der Waals surface area contributed by atoms with Gasteiger partial charge in [-0.3, -0.25) is 9.59 Å². The molecule has 2 aliphatic rings. The number of hydrogen-bond acceptors (Lipinski definition) is 4. The second-order valence-corrected chi connectivity index (χ2v) is 7.83. The first kappa shape index (κ1) is 16.3. The third-order valence-electron chi connectivity index (χ3n) is 5.49. The number of benzene rings is 1. The van der Waals surface area contributed by atoms with Gasteiger partial charge in [-0.2, -0.15) is 0 Å². The van der Waals surface area contributed by atoms with E-state index in [1.807, 2.05) is 35.2 Å². The molecule has 1 aromatic heterocycles. The van der Waals surface area contributed by atoms with Crippen LogP contribution >= 0.6 is 11.3 Å². The van der Waals surface area contributed by atoms with Crippen LogP contribution < -0.4 is 5.32 Å². The van der Waals surface area contributed by atoms with Gasteiger partial charge in [0.25, 0.3) is 11.8 Å². The molecule has 1 aliphatic carbocycles. The SMILES string of the molecule is O=C(NC1CC2(CCN(C(=O)c3ccccc3)CC2)C1)c1cscn1. The van der Waals surface area contributed by atoms with E-state index < -0.39 is 0 Å². The smallest absolute Gasteiger partial charge is 0.270 e. The van der Waals surface area contributed by atoms with Crippen LogP contribution in [0.4, 0.5) is 0 Å². The quantitative estimate of drug-likeness (QED) is 0.921. The van der Waals surface area contributed by atoms with Gasteiger partial charge in [-0.25, -0.2) is 4.98 Å². The van der Waals surface area contributed by atoms with E-state index in [1.54, 1.807) is 10.9 Å². The molecule has 0 bridgehead atoms. The first-order valence-electron chi connectivity index (χ1n) is 8.69. The Morgan fingerprint density at radius 2 is 1.88 bits per heavy atom. The summed E-state index contributed by atoms with van der Waals surface area (Å²) in [6.45, 7) is 1.61. The lowest BCUT2D eigenvalue weighted by Crippen LogP contribution is -2.55. The molecule has 4 rings (SSSR count). The van der Waals surface area contributed by atoms with Gasteiger partial charge in [-0.15, -0.1) is 11.3 Å². The average molecular weight is 355 g/mol. The van der Waals surface area contributed by atoms with Crippen molar-refractivity contribution in [3.63, 3.8) is 0 Å². The Kier molecular flexibility index (Phi) is 4.29. The Morgan fingerprint density at radius 1 is 1.16 bits per heavy atom. The molecule has 0 unspecified atom stereocenters. The van der Waals surface area contributed by atoms with E-state index in [4.69, 9.17) is 0 Å². The van der Waals surface area contributed by atoms with Crippen LogP contribution in [0.2, 0.25) is 0 Å². The number of nitrogens with one attached hydrogen (secondary N) is 1. The van der Waals surface area contributed by atoms with E-state index in [2.05, 4.69) is 10.3 Å². The molecule has 1 aliphatic heterocycles. The molecule has 5 nitrogen and oxygen atoms in total. The Morgan fingerprint density at radius 3 is 2.52 bits per heavy atom. The summed E-state index contributed by atoms with van der Waals surface area (Å²) < 4.78 is 0. The van der Waals surface area contributed by atoms with E-state index in [-0.39, 0.29) is 17.9 Å². The maximum atomic E-state index is 12.5. The highest BCUT2D eigenvalue weighted by molar-refractivity contribution is 7.07. The van der Waals surface area contributed by atoms with Gasteiger partial charge in [0.2, 0.25) is 0 Å². The lowest BCUT2D eigenvalue weighted by molar-refractivity contribution is 0.00858. The van der Waals surface area contributed by atoms with Gasteiger partial charge in [0.15, 0.2) is 0 Å². The van der Waals surface area contributed by atoms with Gasteiger partial charge in [0.1, 0.15) is 5.69 Å². The fourth-order valence-corrected chi connectivity index (χ4v) is 4.56. The highest BCUT2D eigenvalue weighted by atomic mass is 32.1. The summed E-state index contributed by atoms with van der Waals surface area (Å²) in [5.41, 5.74) is 3.25. The van der Waals surface area contributed by atoms with Crippen molar-refractivity contribution < 1.29 is 9.59 Å². The van der Waals surface area contributed by atoms with Crippen molar-refractivity contribution >= 4 is 23.2 Å². The van der Waals surface area contributed by atoms with Crippen LogP contribution in [0.15, 0.2) is 41.2 Å². The van der Waals surface area contributed by atoms with Gasteiger partial charge < -0.3 is 10.2 Å². The molecule has 1 spiro atoms. The minimum absolute atomic E-state index is 0.0715. The predicted molar refractivity (Wildman–Crippen MR) is 96.6 cm³/mol. The summed E-state index contributed by atoms with van der Waals surface area (Å²) in [4.78, 5) is 30.6. The van der Waals surface area contributed by atoms with Crippen molar-refractivity contribution in [2.75, 3.05) is 13.1 Å². The number of carbonyl (C=O) groups excluding carboxylic acids is 2. The first-order valence-corrected chi connectivity index (χ1v) is 9.63. The summed E-state index contributed by atoms with van der Waals surface area (Å²) >= 11 is 1.43. The zero-order valence-corrected chi connectivity index (χ0v) is 14.8. The van der Waals surface area contributed by atoms with Crippen LogP contribution in [0.3, 0.4) is 0 Å². The summed E-state index contributed by atoms with van der Waals surface area (Å²) in [6.07, 6.45) is 4.07. The lowest BCUT2D eigenvalue weighted by atomic mass is 9.60. The molecule has 130 valence electrons. The van der Waals surface area contributed by atoms with E-state index in [1.165, 1.54) is 11.3 Å². The molecular weight excluding hydrogens is 334 g/mol. The number of hydrogen-bond donors (Lipinski definition) is 1. The molecule has 25 heavy (non-hydrogen) atoms. The topological polar surface area (TPSA) is 62.3 Å². The van der Waals surface area contributed by atoms with Crippen molar-refractivity contribution in [3.05, 3.63) is 52.5 Å². The molecule has 2 aromatic rings. The minimum Gasteiger partial charge on any atom is -0.348 e. The Bertz CT molecular complexity index is 744. The van der Waals surface area contributed by atoms with Crippen LogP contribution in [0.25, 0.3) is 0 Å². The second-order valence-electron chi connectivity index (χ2n) is 7.11. The number of carbonyl (C=O) groups is 2. The number of rotatable bonds is 3. The van der Waals surface area contributed by atoms with E-state index in [9.17, 15) is 9.59 Å². The Labute approximate surface area is 151 Å². The summed E-state index contributed by atoms with van der Waals surface area (Å²) in [7, 11) is 0. The molecule has 1 saturated carbocycles. The third-order valence-corrected chi connectivity index (χ3v) is 6.08. The van der Waals surface area contributed by atoms with Gasteiger partial charge in [-0.1, -0.05) is 18.2 Å². The van der Waals surface area contributed by atoms with Crippen LogP contribution in [-0.4, -0.2) is 40.8 Å². The average Bonchev–Trinajstić information content (AvgIpc) is 3.16. The number of likely N-dealkylation sites (tertiary alicyclic amines) is 1. The second kappa shape index (κ2) is 6.59. The van der Waals surface area contributed by atoms with Crippen LogP contribution in [0.1, 0.15) is 46.5 Å². The molecule has 1 N–H and O–H groups in total. The van der Waals surface area contributed by atoms with Crippen molar-refractivity contribution in [1.82, 2.24) is 15.2 Å². The highest BCUT2D eigenvalue weighted by Crippen LogP contribution is 2.49. The van der Waals surface area contributed by atoms with Crippen LogP contribution in [0.5, 0.6) is 0 Å². The number of nitrogens with zero attached hydrogens (tertiary/aromatic N) is 2. The molecule has 2 heterocycles. The molecular formula is C19H21N3O2S. The zero-order chi connectivity index (χ0) is 17.3. The monoisotopic (exact) mass is 355 g/mol. The maximum absolute atomic E-state index is 12.5. The van der Waals surface area contributed by atoms with Gasteiger partial charge in [0.05, 0.1) is 5.51 Å². The fraction of sp³-hybridized carbons (Fsp3) is 0.421. The number of aromatic nitrogens is 1. The van der Waals surface area contributed by atoms with Crippen molar-refractivity contribution in [1.29, 1.82) is 0 Å². The largest absolute Gasteiger partial charge is 0.348 e. The Hall–Kier alpha value is -2.21. The molecule has 1 saturated heterocycles. The standard InChI is InChI=1S/C19H21N3O2S/c23-17(16-12-25-13-20-16)21-15-10-19(11-15)6-8-22(9-7-19)18(24)14-4-2-1-3-5-14/h1-5,12-13,15H,6-11H2,(H,21,23). The van der Waals surface area contributed by atoms with Gasteiger partial charge >= 0.3 is 0 Å². The van der Waals surface area contributed by atoms with Crippen LogP contribution in [-0.2, 0) is 0 Å². The number of amides is 2. The van der Waals surface area contributed by atoms with Gasteiger partial charge in [0, 0.05) is 30.1 Å². The van der Waals surface area contributed by atoms with Crippen LogP contribution in [0, 0.1) is 5.41 Å². The molecule has 6 heteroatoms. The van der Waals surface area contributed by atoms with E-state index in [0.29, 0.717) is 11.1 Å². The normalized spacial score (nSPS) is 19.4. The molecule has 2 fully saturated rings. The summed E-state index contributed by atoms with van der Waals surface area (Å²) in [5.74, 6) is 0.0564. The third kappa shape index (κ3) is 3.31. The first-order chi connectivity index (χ1) is 12.2. The lowest BCUT2D eigenvalue weighted by Gasteiger charge is -2.52. The molecule has 0 atom stereocenters. The minimum atomic E-state index is -0.0715. The zero-order valence-electron chi connectivity index (χ0n) is 14.0. The van der Waals surface area contributed by atoms with Crippen molar-refractivity contribution in [2.45, 2.75) is 31.7 Å². The summed E-state index contributed by atoms with van der Waals surface area (Å²) in [5, 5.41) is 4.85. The Balaban J connectivity index is 1.27. The maximum Gasteiger partial charge on any atom is 0.270 e. The van der Waals surface area contributed by atoms with Crippen molar-refractivity contribution in [3.8, 4) is 0 Å². The predicted octanol–water partition coefficient (Wildman–Crippen LogP) is 2.96. The van der Waals surface area contributed by atoms with Crippen molar-refractivity contribution in [2.24, 2.45) is 5.41 Å². The summed E-state index contributed by atoms with van der Waals surface area (Å²) in [6, 6.07) is 9.72. The van der Waals surface area contributed by atoms with E-state index in [0.717, 1.165) is 44.3 Å². The molecule has 1 aromatic carbocycles. The molecule has 0 radical (unpaired) electrons.